The van der Waals surface area contributed by atoms with Gasteiger partial charge in [0.1, 0.15) is 11.6 Å². The minimum Gasteiger partial charge on any atom is -0.480 e. The van der Waals surface area contributed by atoms with Crippen molar-refractivity contribution in [3.8, 4) is 0 Å². The van der Waals surface area contributed by atoms with Crippen molar-refractivity contribution in [2.45, 2.75) is 13.3 Å². The number of hydrogen-bond donors (Lipinski definition) is 1. The molecule has 0 bridgehead atoms. The van der Waals surface area contributed by atoms with Crippen LogP contribution in [0.4, 0.5) is 5.69 Å². The lowest BCUT2D eigenvalue weighted by Gasteiger charge is -2.22. The van der Waals surface area contributed by atoms with Crippen molar-refractivity contribution >= 4 is 23.3 Å². The zero-order chi connectivity index (χ0) is 13.0. The Bertz CT molecular complexity index is 472. The van der Waals surface area contributed by atoms with Gasteiger partial charge in [-0.3, -0.25) is 9.59 Å². The van der Waals surface area contributed by atoms with Gasteiger partial charge < -0.3 is 10.0 Å². The van der Waals surface area contributed by atoms with Crippen LogP contribution >= 0.6 is 11.6 Å². The summed E-state index contributed by atoms with van der Waals surface area (Å²) < 4.78 is 1.11. The summed E-state index contributed by atoms with van der Waals surface area (Å²) in [7, 11) is 1.49. The van der Waals surface area contributed by atoms with Crippen molar-refractivity contribution in [3.63, 3.8) is 0 Å². The van der Waals surface area contributed by atoms with E-state index in [-0.39, 0.29) is 11.6 Å². The molecule has 94 valence electrons. The number of aliphatic carboxylic acids is 1. The van der Waals surface area contributed by atoms with Crippen LogP contribution in [0.2, 0.25) is 5.02 Å². The molecule has 0 aliphatic heterocycles. The van der Waals surface area contributed by atoms with E-state index < -0.39 is 11.5 Å². The molecule has 0 aliphatic rings. The Morgan fingerprint density at radius 1 is 1.65 bits per heavy atom. The van der Waals surface area contributed by atoms with E-state index in [1.54, 1.807) is 0 Å². The normalized spacial score (nSPS) is 10.3. The van der Waals surface area contributed by atoms with E-state index in [9.17, 15) is 9.59 Å². The van der Waals surface area contributed by atoms with E-state index in [0.717, 1.165) is 11.1 Å². The van der Waals surface area contributed by atoms with Crippen molar-refractivity contribution in [2.24, 2.45) is 7.05 Å². The van der Waals surface area contributed by atoms with E-state index in [1.807, 2.05) is 6.92 Å². The summed E-state index contributed by atoms with van der Waals surface area (Å²) >= 11 is 5.90. The molecule has 0 radical (unpaired) electrons. The van der Waals surface area contributed by atoms with Crippen molar-refractivity contribution < 1.29 is 9.90 Å². The SMILES string of the molecule is CCCN(CC(=O)O)c1cnn(C)c(=O)c1Cl. The second kappa shape index (κ2) is 5.67. The molecule has 6 nitrogen and oxygen atoms in total. The average molecular weight is 260 g/mol. The lowest BCUT2D eigenvalue weighted by Crippen LogP contribution is -2.33. The Kier molecular flexibility index (Phi) is 4.51. The predicted molar refractivity (Wildman–Crippen MR) is 64.6 cm³/mol. The van der Waals surface area contributed by atoms with Crippen LogP contribution in [0.25, 0.3) is 0 Å². The first-order valence-corrected chi connectivity index (χ1v) is 5.53. The number of aryl methyl sites for hydroxylation is 1. The number of carboxylic acids is 1. The van der Waals surface area contributed by atoms with Crippen LogP contribution in [0.5, 0.6) is 0 Å². The van der Waals surface area contributed by atoms with Gasteiger partial charge in [0, 0.05) is 13.6 Å². The van der Waals surface area contributed by atoms with E-state index in [0.29, 0.717) is 12.2 Å². The van der Waals surface area contributed by atoms with E-state index >= 15 is 0 Å². The first kappa shape index (κ1) is 13.5. The summed E-state index contributed by atoms with van der Waals surface area (Å²) in [6, 6.07) is 0. The summed E-state index contributed by atoms with van der Waals surface area (Å²) in [4.78, 5) is 23.8. The smallest absolute Gasteiger partial charge is 0.323 e. The van der Waals surface area contributed by atoms with Crippen molar-refractivity contribution in [3.05, 3.63) is 21.6 Å². The van der Waals surface area contributed by atoms with Crippen molar-refractivity contribution in [1.82, 2.24) is 9.78 Å². The quantitative estimate of drug-likeness (QED) is 0.844. The number of hydrogen-bond acceptors (Lipinski definition) is 4. The van der Waals surface area contributed by atoms with Crippen LogP contribution in [0.1, 0.15) is 13.3 Å². The lowest BCUT2D eigenvalue weighted by molar-refractivity contribution is -0.135. The Balaban J connectivity index is 3.14. The molecule has 0 aliphatic carbocycles. The van der Waals surface area contributed by atoms with Crippen LogP contribution < -0.4 is 10.5 Å². The number of rotatable bonds is 5. The van der Waals surface area contributed by atoms with Crippen LogP contribution in [0, 0.1) is 0 Å². The fourth-order valence-electron chi connectivity index (χ4n) is 1.44. The Hall–Kier alpha value is -1.56. The highest BCUT2D eigenvalue weighted by Crippen LogP contribution is 2.20. The van der Waals surface area contributed by atoms with Crippen LogP contribution in [-0.4, -0.2) is 33.9 Å². The second-order valence-electron chi connectivity index (χ2n) is 3.59. The summed E-state index contributed by atoms with van der Waals surface area (Å²) in [6.45, 7) is 2.21. The predicted octanol–water partition coefficient (Wildman–Crippen LogP) is 0.735. The van der Waals surface area contributed by atoms with Gasteiger partial charge in [0.15, 0.2) is 0 Å². The molecule has 1 N–H and O–H groups in total. The largest absolute Gasteiger partial charge is 0.480 e. The number of halogens is 1. The van der Waals surface area contributed by atoms with Crippen LogP contribution in [0.15, 0.2) is 11.0 Å². The third-order valence-corrected chi connectivity index (χ3v) is 2.58. The van der Waals surface area contributed by atoms with Gasteiger partial charge in [-0.1, -0.05) is 18.5 Å². The van der Waals surface area contributed by atoms with Crippen LogP contribution in [-0.2, 0) is 11.8 Å². The molecule has 0 atom stereocenters. The van der Waals surface area contributed by atoms with Gasteiger partial charge in [0.2, 0.25) is 0 Å². The molecule has 0 saturated carbocycles. The van der Waals surface area contributed by atoms with Gasteiger partial charge in [-0.25, -0.2) is 4.68 Å². The topological polar surface area (TPSA) is 75.4 Å². The molecule has 0 unspecified atom stereocenters. The highest BCUT2D eigenvalue weighted by atomic mass is 35.5. The number of aromatic nitrogens is 2. The Morgan fingerprint density at radius 2 is 2.29 bits per heavy atom. The number of carbonyl (C=O) groups is 1. The molecule has 7 heteroatoms. The molecule has 0 amide bonds. The monoisotopic (exact) mass is 259 g/mol. The third-order valence-electron chi connectivity index (χ3n) is 2.22. The molecule has 0 fully saturated rings. The number of carboxylic acid groups (broad SMARTS) is 1. The fourth-order valence-corrected chi connectivity index (χ4v) is 1.73. The summed E-state index contributed by atoms with van der Waals surface area (Å²) in [5.74, 6) is -0.977. The van der Waals surface area contributed by atoms with Crippen LogP contribution in [0.3, 0.4) is 0 Å². The molecule has 1 aromatic rings. The van der Waals surface area contributed by atoms with Gasteiger partial charge in [-0.15, -0.1) is 0 Å². The van der Waals surface area contributed by atoms with Gasteiger partial charge in [0.25, 0.3) is 5.56 Å². The molecule has 0 aromatic carbocycles. The Morgan fingerprint density at radius 3 is 2.82 bits per heavy atom. The highest BCUT2D eigenvalue weighted by Gasteiger charge is 2.16. The van der Waals surface area contributed by atoms with Gasteiger partial charge in [-0.05, 0) is 6.42 Å². The van der Waals surface area contributed by atoms with Gasteiger partial charge in [0.05, 0.1) is 11.9 Å². The number of nitrogens with zero attached hydrogens (tertiary/aromatic N) is 3. The molecule has 1 rings (SSSR count). The van der Waals surface area contributed by atoms with Crippen molar-refractivity contribution in [1.29, 1.82) is 0 Å². The second-order valence-corrected chi connectivity index (χ2v) is 3.97. The summed E-state index contributed by atoms with van der Waals surface area (Å²) in [5.41, 5.74) is -0.0744. The van der Waals surface area contributed by atoms with Gasteiger partial charge >= 0.3 is 5.97 Å². The maximum Gasteiger partial charge on any atom is 0.323 e. The van der Waals surface area contributed by atoms with Crippen molar-refractivity contribution in [2.75, 3.05) is 18.0 Å². The fraction of sp³-hybridized carbons (Fsp3) is 0.500. The standard InChI is InChI=1S/C10H14ClN3O3/c1-3-4-14(6-8(15)16)7-5-12-13(2)10(17)9(7)11/h5H,3-4,6H2,1-2H3,(H,15,16). The molecular formula is C10H14ClN3O3. The summed E-state index contributed by atoms with van der Waals surface area (Å²) in [5, 5.41) is 12.6. The van der Waals surface area contributed by atoms with E-state index in [2.05, 4.69) is 5.10 Å². The molecule has 0 saturated heterocycles. The minimum absolute atomic E-state index is 0.00259. The molecular weight excluding hydrogens is 246 g/mol. The first-order valence-electron chi connectivity index (χ1n) is 5.16. The molecule has 0 spiro atoms. The Labute approximate surface area is 103 Å². The molecule has 1 aromatic heterocycles. The van der Waals surface area contributed by atoms with Gasteiger partial charge in [-0.2, -0.15) is 5.10 Å². The van der Waals surface area contributed by atoms with E-state index in [4.69, 9.17) is 16.7 Å². The first-order chi connectivity index (χ1) is 7.97. The maximum absolute atomic E-state index is 11.6. The van der Waals surface area contributed by atoms with E-state index in [1.165, 1.54) is 18.1 Å². The highest BCUT2D eigenvalue weighted by molar-refractivity contribution is 6.33. The minimum atomic E-state index is -0.977. The number of anilines is 1. The lowest BCUT2D eigenvalue weighted by atomic mass is 10.3. The molecule has 17 heavy (non-hydrogen) atoms. The summed E-state index contributed by atoms with van der Waals surface area (Å²) in [6.07, 6.45) is 2.15. The molecule has 1 heterocycles. The average Bonchev–Trinajstić information content (AvgIpc) is 2.25. The maximum atomic E-state index is 11.6. The third kappa shape index (κ3) is 3.20. The zero-order valence-electron chi connectivity index (χ0n) is 9.68. The zero-order valence-corrected chi connectivity index (χ0v) is 10.4.